The first-order valence-electron chi connectivity index (χ1n) is 4.78. The minimum absolute atomic E-state index is 0.252. The Kier molecular flexibility index (Phi) is 1.93. The average molecular weight is 208 g/mol. The minimum atomic E-state index is -0.252. The van der Waals surface area contributed by atoms with Crippen molar-refractivity contribution in [2.45, 2.75) is 16.5 Å². The van der Waals surface area contributed by atoms with Crippen molar-refractivity contribution in [3.63, 3.8) is 0 Å². The molecule has 0 aliphatic carbocycles. The number of rotatable bonds is 0. The summed E-state index contributed by atoms with van der Waals surface area (Å²) in [7, 11) is 0. The Morgan fingerprint density at radius 3 is 3.21 bits per heavy atom. The number of thioether (sulfide) groups is 1. The number of hydrogen-bond donors (Lipinski definition) is 2. The third-order valence-corrected chi connectivity index (χ3v) is 3.88. The van der Waals surface area contributed by atoms with Gasteiger partial charge in [0.15, 0.2) is 0 Å². The van der Waals surface area contributed by atoms with Gasteiger partial charge in [-0.1, -0.05) is 23.9 Å². The molecule has 1 aromatic carbocycles. The molecule has 3 nitrogen and oxygen atoms in total. The number of aliphatic hydroxyl groups excluding tert-OH is 1. The first-order valence-corrected chi connectivity index (χ1v) is 5.66. The monoisotopic (exact) mass is 208 g/mol. The van der Waals surface area contributed by atoms with E-state index in [1.807, 2.05) is 17.8 Å². The summed E-state index contributed by atoms with van der Waals surface area (Å²) in [4.78, 5) is 3.54. The number of fused-ring (bicyclic) bond motifs is 3. The second-order valence-electron chi connectivity index (χ2n) is 3.65. The van der Waals surface area contributed by atoms with E-state index in [0.717, 1.165) is 6.54 Å². The average Bonchev–Trinajstić information content (AvgIpc) is 2.56. The Hall–Kier alpha value is -0.710. The molecule has 2 unspecified atom stereocenters. The standard InChI is InChI=1S/C10H12N2OS/c13-7-5-11-10-12(6-7)8-3-1-2-4-9(8)14-10/h1-4,7,10-11,13H,5-6H2. The summed E-state index contributed by atoms with van der Waals surface area (Å²) in [5, 5.41) is 12.9. The number of β-amino-alcohol motifs (C(OH)–C–C–N with tert-alkyl or cyclic N) is 1. The summed E-state index contributed by atoms with van der Waals surface area (Å²) in [5.41, 5.74) is 1.56. The molecular weight excluding hydrogens is 196 g/mol. The highest BCUT2D eigenvalue weighted by atomic mass is 32.2. The number of para-hydroxylation sites is 1. The van der Waals surface area contributed by atoms with Crippen LogP contribution in [0.15, 0.2) is 29.2 Å². The lowest BCUT2D eigenvalue weighted by Gasteiger charge is -2.34. The van der Waals surface area contributed by atoms with E-state index in [1.165, 1.54) is 10.6 Å². The largest absolute Gasteiger partial charge is 0.390 e. The van der Waals surface area contributed by atoms with Gasteiger partial charge in [0.05, 0.1) is 11.8 Å². The van der Waals surface area contributed by atoms with Crippen molar-refractivity contribution in [3.8, 4) is 0 Å². The van der Waals surface area contributed by atoms with Crippen molar-refractivity contribution < 1.29 is 5.11 Å². The maximum absolute atomic E-state index is 9.57. The zero-order chi connectivity index (χ0) is 9.54. The molecule has 2 aliphatic heterocycles. The maximum Gasteiger partial charge on any atom is 0.133 e. The van der Waals surface area contributed by atoms with E-state index in [0.29, 0.717) is 12.0 Å². The van der Waals surface area contributed by atoms with Crippen LogP contribution in [0.25, 0.3) is 0 Å². The summed E-state index contributed by atoms with van der Waals surface area (Å²) >= 11 is 1.83. The molecule has 0 aromatic heterocycles. The van der Waals surface area contributed by atoms with Gasteiger partial charge in [0.2, 0.25) is 0 Å². The van der Waals surface area contributed by atoms with Gasteiger partial charge in [-0.15, -0.1) is 0 Å². The number of hydrogen-bond acceptors (Lipinski definition) is 4. The molecule has 4 heteroatoms. The van der Waals surface area contributed by atoms with Gasteiger partial charge in [-0.25, -0.2) is 0 Å². The molecule has 1 fully saturated rings. The van der Waals surface area contributed by atoms with Crippen molar-refractivity contribution in [2.24, 2.45) is 0 Å². The molecule has 14 heavy (non-hydrogen) atoms. The van der Waals surface area contributed by atoms with Crippen LogP contribution in [-0.4, -0.2) is 29.8 Å². The highest BCUT2D eigenvalue weighted by Crippen LogP contribution is 2.42. The predicted molar refractivity (Wildman–Crippen MR) is 57.4 cm³/mol. The van der Waals surface area contributed by atoms with Crippen molar-refractivity contribution in [1.29, 1.82) is 0 Å². The molecular formula is C10H12N2OS. The lowest BCUT2D eigenvalue weighted by Crippen LogP contribution is -2.54. The quantitative estimate of drug-likeness (QED) is 0.662. The molecule has 3 rings (SSSR count). The van der Waals surface area contributed by atoms with Gasteiger partial charge < -0.3 is 10.0 Å². The van der Waals surface area contributed by atoms with E-state index in [9.17, 15) is 5.11 Å². The van der Waals surface area contributed by atoms with Crippen LogP contribution >= 0.6 is 11.8 Å². The summed E-state index contributed by atoms with van der Waals surface area (Å²) in [6.07, 6.45) is -0.252. The fourth-order valence-corrected chi connectivity index (χ4v) is 3.19. The van der Waals surface area contributed by atoms with Crippen LogP contribution in [0.1, 0.15) is 0 Å². The third-order valence-electron chi connectivity index (χ3n) is 2.63. The second-order valence-corrected chi connectivity index (χ2v) is 4.77. The van der Waals surface area contributed by atoms with Crippen molar-refractivity contribution >= 4 is 17.4 Å². The fourth-order valence-electron chi connectivity index (χ4n) is 1.98. The number of aliphatic hydroxyl groups is 1. The van der Waals surface area contributed by atoms with Crippen LogP contribution in [0, 0.1) is 0 Å². The molecule has 0 bridgehead atoms. The first kappa shape index (κ1) is 8.59. The van der Waals surface area contributed by atoms with E-state index in [2.05, 4.69) is 28.4 Å². The van der Waals surface area contributed by atoms with Crippen molar-refractivity contribution in [1.82, 2.24) is 5.32 Å². The van der Waals surface area contributed by atoms with E-state index >= 15 is 0 Å². The van der Waals surface area contributed by atoms with E-state index < -0.39 is 0 Å². The predicted octanol–water partition coefficient (Wildman–Crippen LogP) is 0.846. The Morgan fingerprint density at radius 2 is 2.29 bits per heavy atom. The van der Waals surface area contributed by atoms with Crippen LogP contribution in [0.5, 0.6) is 0 Å². The zero-order valence-electron chi connectivity index (χ0n) is 7.68. The summed E-state index contributed by atoms with van der Waals surface area (Å²) in [6, 6.07) is 8.35. The molecule has 0 saturated carbocycles. The van der Waals surface area contributed by atoms with Crippen LogP contribution in [-0.2, 0) is 0 Å². The van der Waals surface area contributed by atoms with Gasteiger partial charge in [-0.05, 0) is 12.1 Å². The Labute approximate surface area is 87.1 Å². The lowest BCUT2D eigenvalue weighted by atomic mass is 10.2. The molecule has 2 heterocycles. The van der Waals surface area contributed by atoms with Crippen molar-refractivity contribution in [2.75, 3.05) is 18.0 Å². The van der Waals surface area contributed by atoms with Crippen molar-refractivity contribution in [3.05, 3.63) is 24.3 Å². The van der Waals surface area contributed by atoms with Crippen LogP contribution in [0.2, 0.25) is 0 Å². The number of anilines is 1. The molecule has 1 aromatic rings. The molecule has 2 aliphatic rings. The summed E-state index contributed by atoms with van der Waals surface area (Å²) in [5.74, 6) is 0. The SMILES string of the molecule is OC1CNC2Sc3ccccc3N2C1. The van der Waals surface area contributed by atoms with Crippen LogP contribution in [0.4, 0.5) is 5.69 Å². The molecule has 0 radical (unpaired) electrons. The topological polar surface area (TPSA) is 35.5 Å². The normalized spacial score (nSPS) is 29.9. The molecule has 0 spiro atoms. The molecule has 1 saturated heterocycles. The smallest absolute Gasteiger partial charge is 0.133 e. The lowest BCUT2D eigenvalue weighted by molar-refractivity contribution is 0.158. The number of benzene rings is 1. The number of nitrogens with one attached hydrogen (secondary N) is 1. The summed E-state index contributed by atoms with van der Waals surface area (Å²) in [6.45, 7) is 1.43. The zero-order valence-corrected chi connectivity index (χ0v) is 8.50. The maximum atomic E-state index is 9.57. The third kappa shape index (κ3) is 1.22. The van der Waals surface area contributed by atoms with Gasteiger partial charge in [0, 0.05) is 18.0 Å². The Balaban J connectivity index is 1.97. The van der Waals surface area contributed by atoms with Crippen LogP contribution in [0.3, 0.4) is 0 Å². The molecule has 2 atom stereocenters. The van der Waals surface area contributed by atoms with Gasteiger partial charge >= 0.3 is 0 Å². The molecule has 2 N–H and O–H groups in total. The van der Waals surface area contributed by atoms with Gasteiger partial charge in [0.1, 0.15) is 5.50 Å². The fraction of sp³-hybridized carbons (Fsp3) is 0.400. The van der Waals surface area contributed by atoms with Gasteiger partial charge in [-0.2, -0.15) is 0 Å². The number of nitrogens with zero attached hydrogens (tertiary/aromatic N) is 1. The minimum Gasteiger partial charge on any atom is -0.390 e. The van der Waals surface area contributed by atoms with E-state index in [1.54, 1.807) is 0 Å². The first-order chi connectivity index (χ1) is 6.84. The Bertz CT molecular complexity index is 358. The van der Waals surface area contributed by atoms with Gasteiger partial charge in [-0.3, -0.25) is 5.32 Å². The van der Waals surface area contributed by atoms with E-state index in [-0.39, 0.29) is 6.10 Å². The highest BCUT2D eigenvalue weighted by molar-refractivity contribution is 8.00. The van der Waals surface area contributed by atoms with Gasteiger partial charge in [0.25, 0.3) is 0 Å². The van der Waals surface area contributed by atoms with Crippen LogP contribution < -0.4 is 10.2 Å². The van der Waals surface area contributed by atoms with E-state index in [4.69, 9.17) is 0 Å². The second kappa shape index (κ2) is 3.15. The summed E-state index contributed by atoms with van der Waals surface area (Å²) < 4.78 is 0. The Morgan fingerprint density at radius 1 is 1.43 bits per heavy atom. The molecule has 74 valence electrons. The highest BCUT2D eigenvalue weighted by Gasteiger charge is 2.34. The molecule has 0 amide bonds.